The van der Waals surface area contributed by atoms with Crippen LogP contribution in [-0.2, 0) is 44.8 Å². The van der Waals surface area contributed by atoms with Crippen molar-refractivity contribution in [3.63, 3.8) is 0 Å². The van der Waals surface area contributed by atoms with Gasteiger partial charge in [-0.1, -0.05) is 24.3 Å². The maximum absolute atomic E-state index is 13.6. The minimum absolute atomic E-state index is 0.222. The molecule has 240 valence electrons. The molecule has 46 heavy (non-hydrogen) atoms. The number of nitrogens with zero attached hydrogens (tertiary/aromatic N) is 5. The number of hydrogen-bond acceptors (Lipinski definition) is 7. The van der Waals surface area contributed by atoms with Crippen molar-refractivity contribution >= 4 is 23.2 Å². The molecule has 2 aromatic carbocycles. The lowest BCUT2D eigenvalue weighted by Gasteiger charge is -2.36. The van der Waals surface area contributed by atoms with E-state index < -0.39 is 0 Å². The van der Waals surface area contributed by atoms with Gasteiger partial charge in [0.2, 0.25) is 0 Å². The van der Waals surface area contributed by atoms with Gasteiger partial charge in [0.1, 0.15) is 0 Å². The summed E-state index contributed by atoms with van der Waals surface area (Å²) >= 11 is 0. The number of carbonyl (C=O) groups excluding carboxylic acids is 2. The number of ether oxygens (including phenoxy) is 1. The van der Waals surface area contributed by atoms with Crippen LogP contribution in [0.3, 0.4) is 0 Å². The quantitative estimate of drug-likeness (QED) is 0.296. The number of aromatic nitrogens is 4. The van der Waals surface area contributed by atoms with Crippen molar-refractivity contribution in [1.29, 1.82) is 0 Å². The fraction of sp³-hybridized carbons (Fsp3) is 0.429. The molecule has 11 heteroatoms. The van der Waals surface area contributed by atoms with Gasteiger partial charge in [-0.15, -0.1) is 0 Å². The molecule has 0 bridgehead atoms. The molecule has 0 atom stereocenters. The summed E-state index contributed by atoms with van der Waals surface area (Å²) in [5, 5.41) is 9.55. The number of anilines is 2. The van der Waals surface area contributed by atoms with Crippen LogP contribution >= 0.6 is 0 Å². The average Bonchev–Trinajstić information content (AvgIpc) is 3.59. The fourth-order valence-corrected chi connectivity index (χ4v) is 7.25. The lowest BCUT2D eigenvalue weighted by atomic mass is 9.94. The molecular weight excluding hydrogens is 580 g/mol. The Hall–Kier alpha value is -4.32. The highest BCUT2D eigenvalue weighted by Gasteiger charge is 2.30. The molecule has 3 aliphatic heterocycles. The van der Waals surface area contributed by atoms with Crippen LogP contribution in [-0.4, -0.2) is 68.2 Å². The lowest BCUT2D eigenvalue weighted by molar-refractivity contribution is 0.0283. The summed E-state index contributed by atoms with van der Waals surface area (Å²) in [5.41, 5.74) is 9.46. The van der Waals surface area contributed by atoms with E-state index in [9.17, 15) is 9.59 Å². The van der Waals surface area contributed by atoms with Crippen LogP contribution in [0.2, 0.25) is 0 Å². The number of rotatable bonds is 6. The van der Waals surface area contributed by atoms with Crippen LogP contribution in [0.4, 0.5) is 11.4 Å². The first-order valence-corrected chi connectivity index (χ1v) is 16.2. The first-order chi connectivity index (χ1) is 22.3. The normalized spacial score (nSPS) is 17.0. The largest absolute Gasteiger partial charge is 0.381 e. The Kier molecular flexibility index (Phi) is 8.22. The number of nitrogens with one attached hydrogen (secondary N) is 3. The first kappa shape index (κ1) is 30.3. The zero-order valence-electron chi connectivity index (χ0n) is 27.1. The third kappa shape index (κ3) is 5.52. The van der Waals surface area contributed by atoms with E-state index in [1.54, 1.807) is 0 Å². The molecule has 7 rings (SSSR count). The van der Waals surface area contributed by atoms with E-state index in [4.69, 9.17) is 9.72 Å². The van der Waals surface area contributed by atoms with Gasteiger partial charge in [0, 0.05) is 95.1 Å². The van der Waals surface area contributed by atoms with Crippen molar-refractivity contribution in [2.75, 3.05) is 36.9 Å². The maximum atomic E-state index is 13.6. The van der Waals surface area contributed by atoms with Crippen molar-refractivity contribution in [2.45, 2.75) is 58.7 Å². The summed E-state index contributed by atoms with van der Waals surface area (Å²) in [6.07, 6.45) is 3.82. The Balaban J connectivity index is 1.09. The molecule has 0 aliphatic carbocycles. The molecule has 5 heterocycles. The van der Waals surface area contributed by atoms with Crippen LogP contribution in [0.1, 0.15) is 68.0 Å². The second-order valence-corrected chi connectivity index (χ2v) is 12.6. The molecular formula is C35H42N8O3. The fourth-order valence-electron chi connectivity index (χ4n) is 7.25. The van der Waals surface area contributed by atoms with Crippen molar-refractivity contribution < 1.29 is 14.3 Å². The number of fused-ring (bicyclic) bond motifs is 2. The highest BCUT2D eigenvalue weighted by molar-refractivity contribution is 6.04. The Morgan fingerprint density at radius 2 is 1.39 bits per heavy atom. The summed E-state index contributed by atoms with van der Waals surface area (Å²) in [6.45, 7) is 8.93. The molecule has 0 unspecified atom stereocenters. The van der Waals surface area contributed by atoms with Gasteiger partial charge in [-0.05, 0) is 61.1 Å². The highest BCUT2D eigenvalue weighted by Crippen LogP contribution is 2.34. The summed E-state index contributed by atoms with van der Waals surface area (Å²) < 4.78 is 9.42. The molecule has 0 radical (unpaired) electrons. The Bertz CT molecular complexity index is 1820. The maximum Gasteiger partial charge on any atom is 0.291 e. The van der Waals surface area contributed by atoms with Crippen LogP contribution in [0.15, 0.2) is 36.4 Å². The molecule has 3 N–H and O–H groups in total. The molecule has 11 nitrogen and oxygen atoms in total. The minimum Gasteiger partial charge on any atom is -0.381 e. The molecule has 0 spiro atoms. The molecule has 2 aromatic heterocycles. The van der Waals surface area contributed by atoms with E-state index in [0.717, 1.165) is 115 Å². The Morgan fingerprint density at radius 1 is 0.826 bits per heavy atom. The SMILES string of the molecule is Cc1c(NC(=O)c2nc3c(n2C)CCNC3)cccc1-c1cccc(NC(=O)c2nc3c(n2C)CCN(C2CCOCC2)C3)c1C. The molecule has 4 aromatic rings. The van der Waals surface area contributed by atoms with Crippen LogP contribution in [0.5, 0.6) is 0 Å². The second-order valence-electron chi connectivity index (χ2n) is 12.6. The number of imidazole rings is 2. The average molecular weight is 623 g/mol. The third-order valence-electron chi connectivity index (χ3n) is 9.98. The van der Waals surface area contributed by atoms with E-state index in [0.29, 0.717) is 24.2 Å². The van der Waals surface area contributed by atoms with E-state index in [1.807, 2.05) is 73.5 Å². The molecule has 3 aliphatic rings. The van der Waals surface area contributed by atoms with Gasteiger partial charge in [0.15, 0.2) is 11.6 Å². The van der Waals surface area contributed by atoms with Gasteiger partial charge >= 0.3 is 0 Å². The summed E-state index contributed by atoms with van der Waals surface area (Å²) in [5.74, 6) is 0.381. The zero-order chi connectivity index (χ0) is 31.9. The van der Waals surface area contributed by atoms with Gasteiger partial charge < -0.3 is 29.8 Å². The van der Waals surface area contributed by atoms with Gasteiger partial charge in [-0.3, -0.25) is 14.5 Å². The lowest BCUT2D eigenvalue weighted by Crippen LogP contribution is -2.42. The third-order valence-corrected chi connectivity index (χ3v) is 9.98. The van der Waals surface area contributed by atoms with Gasteiger partial charge in [0.25, 0.3) is 11.8 Å². The van der Waals surface area contributed by atoms with Gasteiger partial charge in [-0.25, -0.2) is 9.97 Å². The summed E-state index contributed by atoms with van der Waals surface area (Å²) in [4.78, 5) is 38.9. The van der Waals surface area contributed by atoms with E-state index >= 15 is 0 Å². The summed E-state index contributed by atoms with van der Waals surface area (Å²) in [6, 6.07) is 12.3. The van der Waals surface area contributed by atoms with Crippen molar-refractivity contribution in [3.05, 3.63) is 81.9 Å². The second kappa shape index (κ2) is 12.5. The Morgan fingerprint density at radius 3 is 1.98 bits per heavy atom. The zero-order valence-corrected chi connectivity index (χ0v) is 27.1. The Labute approximate surface area is 269 Å². The van der Waals surface area contributed by atoms with E-state index in [2.05, 4.69) is 25.8 Å². The standard InChI is InChI=1S/C35H42N8O3/c1-21-24(7-5-9-26(21)39-34(44)32-37-28-19-36-15-11-30(28)41(32)3)25-8-6-10-27(22(25)2)40-35(45)33-38-29-20-43(16-12-31(29)42(33)4)23-13-17-46-18-14-23/h5-10,23,36H,11-20H2,1-4H3,(H,39,44)(H,40,45). The molecule has 2 amide bonds. The predicted octanol–water partition coefficient (Wildman–Crippen LogP) is 4.12. The monoisotopic (exact) mass is 622 g/mol. The van der Waals surface area contributed by atoms with Crippen LogP contribution in [0.25, 0.3) is 11.1 Å². The highest BCUT2D eigenvalue weighted by atomic mass is 16.5. The number of amides is 2. The van der Waals surface area contributed by atoms with Crippen LogP contribution < -0.4 is 16.0 Å². The van der Waals surface area contributed by atoms with Crippen LogP contribution in [0, 0.1) is 13.8 Å². The molecule has 1 saturated heterocycles. The van der Waals surface area contributed by atoms with Gasteiger partial charge in [0.05, 0.1) is 11.4 Å². The number of benzene rings is 2. The minimum atomic E-state index is -0.233. The van der Waals surface area contributed by atoms with Crippen molar-refractivity contribution in [3.8, 4) is 11.1 Å². The number of hydrogen-bond donors (Lipinski definition) is 3. The topological polar surface area (TPSA) is 118 Å². The predicted molar refractivity (Wildman–Crippen MR) is 177 cm³/mol. The van der Waals surface area contributed by atoms with Crippen molar-refractivity contribution in [2.24, 2.45) is 14.1 Å². The van der Waals surface area contributed by atoms with E-state index in [-0.39, 0.29) is 11.8 Å². The number of carbonyl (C=O) groups is 2. The van der Waals surface area contributed by atoms with Crippen molar-refractivity contribution in [1.82, 2.24) is 29.3 Å². The smallest absolute Gasteiger partial charge is 0.291 e. The first-order valence-electron chi connectivity index (χ1n) is 16.2. The molecule has 1 fully saturated rings. The van der Waals surface area contributed by atoms with Gasteiger partial charge in [-0.2, -0.15) is 0 Å². The summed E-state index contributed by atoms with van der Waals surface area (Å²) in [7, 11) is 3.84. The van der Waals surface area contributed by atoms with E-state index in [1.165, 1.54) is 0 Å². The molecule has 0 saturated carbocycles.